The fraction of sp³-hybridized carbons (Fsp3) is 0.469. The van der Waals surface area contributed by atoms with Crippen molar-refractivity contribution in [1.29, 1.82) is 0 Å². The van der Waals surface area contributed by atoms with Crippen molar-refractivity contribution in [3.05, 3.63) is 59.7 Å². The van der Waals surface area contributed by atoms with Crippen molar-refractivity contribution < 1.29 is 49.1 Å². The fourth-order valence-electron chi connectivity index (χ4n) is 6.22. The molecular weight excluding hydrogens is 586 g/mol. The predicted octanol–water partition coefficient (Wildman–Crippen LogP) is 1.60. The normalized spacial score (nSPS) is 18.2. The Morgan fingerprint density at radius 2 is 1.53 bits per heavy atom. The van der Waals surface area contributed by atoms with Crippen LogP contribution >= 0.6 is 0 Å². The second-order valence-electron chi connectivity index (χ2n) is 12.0. The molecule has 1 atom stereocenters. The van der Waals surface area contributed by atoms with E-state index in [0.29, 0.717) is 12.8 Å². The number of carbonyl (C=O) groups excluding carboxylic acids is 2. The molecule has 2 amide bonds. The maximum atomic E-state index is 13.3. The van der Waals surface area contributed by atoms with Gasteiger partial charge in [0.1, 0.15) is 11.8 Å². The minimum atomic E-state index is -2.74. The van der Waals surface area contributed by atoms with Crippen molar-refractivity contribution in [3.63, 3.8) is 0 Å². The summed E-state index contributed by atoms with van der Waals surface area (Å²) in [5, 5.41) is 33.8. The number of anilines is 1. The average molecular weight is 626 g/mol. The second-order valence-corrected chi connectivity index (χ2v) is 12.0. The van der Waals surface area contributed by atoms with Crippen molar-refractivity contribution in [2.24, 2.45) is 0 Å². The van der Waals surface area contributed by atoms with Gasteiger partial charge in [-0.1, -0.05) is 36.4 Å². The number of carboxylic acids is 3. The van der Waals surface area contributed by atoms with E-state index in [1.54, 1.807) is 23.9 Å². The predicted molar refractivity (Wildman–Crippen MR) is 161 cm³/mol. The number of nitrogens with zero attached hydrogens (tertiary/aromatic N) is 3. The number of carboxylic acid groups (broad SMARTS) is 3. The van der Waals surface area contributed by atoms with E-state index in [0.717, 1.165) is 56.1 Å². The topological polar surface area (TPSA) is 185 Å². The lowest BCUT2D eigenvalue weighted by Gasteiger charge is -2.38. The van der Waals surface area contributed by atoms with Crippen LogP contribution in [0.3, 0.4) is 0 Å². The standard InChI is InChI=1S/C26H31N3O3.C6H8O7/c1-27(2)25(31)22-17-19-7-3-5-9-21(19)29(22)24(30)11-14-28-15-12-26(13-16-28)18-32-23-10-6-4-8-20(23)26;7-3(8)1-6(13,5(11)12)2-4(9)10/h3-10,22H,11-18H2,1-2H3;13H,1-2H2,(H,7,8)(H,9,10)(H,11,12)/t22-;/m0./s1. The van der Waals surface area contributed by atoms with Crippen LogP contribution in [0.1, 0.15) is 43.2 Å². The van der Waals surface area contributed by atoms with E-state index in [-0.39, 0.29) is 17.2 Å². The van der Waals surface area contributed by atoms with Crippen LogP contribution in [-0.4, -0.2) is 112 Å². The van der Waals surface area contributed by atoms with Crippen LogP contribution in [0.4, 0.5) is 5.69 Å². The Kier molecular flexibility index (Phi) is 10.1. The molecule has 3 aliphatic heterocycles. The van der Waals surface area contributed by atoms with Crippen LogP contribution < -0.4 is 9.64 Å². The molecule has 0 aliphatic carbocycles. The van der Waals surface area contributed by atoms with Gasteiger partial charge in [-0.25, -0.2) is 4.79 Å². The molecule has 1 fully saturated rings. The number of hydrogen-bond donors (Lipinski definition) is 4. The van der Waals surface area contributed by atoms with Gasteiger partial charge in [-0.3, -0.25) is 24.1 Å². The third-order valence-corrected chi connectivity index (χ3v) is 8.67. The lowest BCUT2D eigenvalue weighted by molar-refractivity contribution is -0.170. The lowest BCUT2D eigenvalue weighted by Crippen LogP contribution is -2.49. The highest BCUT2D eigenvalue weighted by molar-refractivity contribution is 6.03. The number of piperidine rings is 1. The summed E-state index contributed by atoms with van der Waals surface area (Å²) in [7, 11) is 3.50. The van der Waals surface area contributed by atoms with Gasteiger partial charge in [-0.05, 0) is 43.6 Å². The average Bonchev–Trinajstić information content (AvgIpc) is 3.55. The number of amides is 2. The van der Waals surface area contributed by atoms with Crippen LogP contribution in [0.5, 0.6) is 5.75 Å². The van der Waals surface area contributed by atoms with Gasteiger partial charge in [0.25, 0.3) is 0 Å². The highest BCUT2D eigenvalue weighted by atomic mass is 16.5. The number of carbonyl (C=O) groups is 5. The summed E-state index contributed by atoms with van der Waals surface area (Å²) in [5.74, 6) is -3.98. The van der Waals surface area contributed by atoms with Crippen molar-refractivity contribution in [1.82, 2.24) is 9.80 Å². The zero-order valence-corrected chi connectivity index (χ0v) is 25.3. The first-order chi connectivity index (χ1) is 21.3. The number of hydrogen-bond acceptors (Lipinski definition) is 8. The maximum Gasteiger partial charge on any atom is 0.336 e. The molecule has 3 heterocycles. The van der Waals surface area contributed by atoms with Crippen molar-refractivity contribution in [3.8, 4) is 5.75 Å². The molecule has 1 saturated heterocycles. The van der Waals surface area contributed by atoms with Crippen LogP contribution in [0, 0.1) is 0 Å². The van der Waals surface area contributed by atoms with E-state index in [1.807, 2.05) is 30.3 Å². The smallest absolute Gasteiger partial charge is 0.336 e. The van der Waals surface area contributed by atoms with Gasteiger partial charge < -0.3 is 35.0 Å². The van der Waals surface area contributed by atoms with Gasteiger partial charge in [0.05, 0.1) is 19.4 Å². The number of aliphatic hydroxyl groups is 1. The van der Waals surface area contributed by atoms with Crippen molar-refractivity contribution in [2.45, 2.75) is 55.6 Å². The van der Waals surface area contributed by atoms with Gasteiger partial charge in [0, 0.05) is 50.1 Å². The number of para-hydroxylation sites is 2. The molecule has 5 rings (SSSR count). The molecule has 242 valence electrons. The number of rotatable bonds is 9. The highest BCUT2D eigenvalue weighted by Gasteiger charge is 2.44. The number of ether oxygens (including phenoxy) is 1. The molecule has 0 aromatic heterocycles. The molecule has 13 nitrogen and oxygen atoms in total. The number of likely N-dealkylation sites (N-methyl/N-ethyl adjacent to an activating group) is 1. The molecule has 4 N–H and O–H groups in total. The third kappa shape index (κ3) is 7.43. The lowest BCUT2D eigenvalue weighted by atomic mass is 9.74. The first-order valence-corrected chi connectivity index (χ1v) is 14.7. The molecule has 45 heavy (non-hydrogen) atoms. The van der Waals surface area contributed by atoms with Gasteiger partial charge in [0.15, 0.2) is 5.60 Å². The minimum Gasteiger partial charge on any atom is -0.492 e. The number of fused-ring (bicyclic) bond motifs is 3. The summed E-state index contributed by atoms with van der Waals surface area (Å²) in [6.45, 7) is 3.40. The zero-order valence-electron chi connectivity index (χ0n) is 25.3. The molecule has 13 heteroatoms. The number of benzene rings is 2. The maximum absolute atomic E-state index is 13.3. The molecule has 3 aliphatic rings. The van der Waals surface area contributed by atoms with Crippen LogP contribution in [0.25, 0.3) is 0 Å². The Balaban J connectivity index is 0.000000302. The molecule has 2 aromatic carbocycles. The molecule has 0 bridgehead atoms. The Morgan fingerprint density at radius 3 is 2.13 bits per heavy atom. The molecule has 0 saturated carbocycles. The summed E-state index contributed by atoms with van der Waals surface area (Å²) in [5.41, 5.74) is 0.677. The van der Waals surface area contributed by atoms with E-state index in [4.69, 9.17) is 25.2 Å². The SMILES string of the molecule is CN(C)C(=O)[C@@H]1Cc2ccccc2N1C(=O)CCN1CCC2(CC1)COc1ccccc12.O=C(O)CC(O)(CC(=O)O)C(=O)O. The Bertz CT molecular complexity index is 1430. The first kappa shape index (κ1) is 33.4. The van der Waals surface area contributed by atoms with Crippen molar-refractivity contribution >= 4 is 35.4 Å². The highest BCUT2D eigenvalue weighted by Crippen LogP contribution is 2.45. The molecule has 1 spiro atoms. The van der Waals surface area contributed by atoms with Crippen LogP contribution in [-0.2, 0) is 35.8 Å². The quantitative estimate of drug-likeness (QED) is 0.317. The molecule has 0 unspecified atom stereocenters. The van der Waals surface area contributed by atoms with Crippen LogP contribution in [0.2, 0.25) is 0 Å². The van der Waals surface area contributed by atoms with E-state index in [9.17, 15) is 24.0 Å². The zero-order chi connectivity index (χ0) is 32.9. The van der Waals surface area contributed by atoms with Gasteiger partial charge in [-0.2, -0.15) is 0 Å². The second kappa shape index (κ2) is 13.7. The van der Waals surface area contributed by atoms with Gasteiger partial charge in [0.2, 0.25) is 11.8 Å². The van der Waals surface area contributed by atoms with Crippen molar-refractivity contribution in [2.75, 3.05) is 45.2 Å². The van der Waals surface area contributed by atoms with Gasteiger partial charge >= 0.3 is 17.9 Å². The van der Waals surface area contributed by atoms with Crippen LogP contribution in [0.15, 0.2) is 48.5 Å². The number of likely N-dealkylation sites (tertiary alicyclic amines) is 1. The Hall–Kier alpha value is -4.49. The summed E-state index contributed by atoms with van der Waals surface area (Å²) < 4.78 is 5.96. The van der Waals surface area contributed by atoms with Gasteiger partial charge in [-0.15, -0.1) is 0 Å². The number of aliphatic carboxylic acids is 3. The minimum absolute atomic E-state index is 0.0191. The summed E-state index contributed by atoms with van der Waals surface area (Å²) in [6.07, 6.45) is 0.818. The summed E-state index contributed by atoms with van der Waals surface area (Å²) in [6, 6.07) is 15.8. The fourth-order valence-corrected chi connectivity index (χ4v) is 6.22. The molecule has 2 aromatic rings. The Morgan fingerprint density at radius 1 is 0.933 bits per heavy atom. The largest absolute Gasteiger partial charge is 0.492 e. The van der Waals surface area contributed by atoms with E-state index < -0.39 is 42.4 Å². The molecular formula is C32H39N3O10. The van der Waals surface area contributed by atoms with E-state index >= 15 is 0 Å². The monoisotopic (exact) mass is 625 g/mol. The summed E-state index contributed by atoms with van der Waals surface area (Å²) >= 11 is 0. The first-order valence-electron chi connectivity index (χ1n) is 14.7. The Labute approximate surface area is 260 Å². The molecule has 0 radical (unpaired) electrons. The van der Waals surface area contributed by atoms with E-state index in [2.05, 4.69) is 23.1 Å². The van der Waals surface area contributed by atoms with E-state index in [1.165, 1.54) is 5.56 Å². The summed E-state index contributed by atoms with van der Waals surface area (Å²) in [4.78, 5) is 62.3. The third-order valence-electron chi connectivity index (χ3n) is 8.67.